The quantitative estimate of drug-likeness (QED) is 0.746. The van der Waals surface area contributed by atoms with E-state index in [1.807, 2.05) is 35.2 Å². The Labute approximate surface area is 161 Å². The molecule has 0 unspecified atom stereocenters. The summed E-state index contributed by atoms with van der Waals surface area (Å²) in [7, 11) is 0. The maximum Gasteiger partial charge on any atom is 0.270 e. The van der Waals surface area contributed by atoms with Gasteiger partial charge in [-0.15, -0.1) is 0 Å². The highest BCUT2D eigenvalue weighted by Gasteiger charge is 2.25. The molecule has 1 fully saturated rings. The molecule has 3 heterocycles. The number of carbonyl (C=O) groups excluding carboxylic acids is 2. The van der Waals surface area contributed by atoms with Crippen LogP contribution >= 0.6 is 0 Å². The van der Waals surface area contributed by atoms with E-state index in [0.717, 1.165) is 23.7 Å². The van der Waals surface area contributed by atoms with E-state index in [1.165, 1.54) is 0 Å². The van der Waals surface area contributed by atoms with Gasteiger partial charge in [0.15, 0.2) is 5.82 Å². The van der Waals surface area contributed by atoms with Crippen molar-refractivity contribution in [1.82, 2.24) is 25.3 Å². The second kappa shape index (κ2) is 7.75. The molecule has 8 heteroatoms. The Kier molecular flexibility index (Phi) is 5.01. The molecule has 2 aromatic heterocycles. The number of hydrogen-bond acceptors (Lipinski definition) is 6. The molecule has 28 heavy (non-hydrogen) atoms. The number of piperidine rings is 1. The van der Waals surface area contributed by atoms with Crippen LogP contribution in [0.1, 0.15) is 47.9 Å². The molecule has 8 nitrogen and oxygen atoms in total. The summed E-state index contributed by atoms with van der Waals surface area (Å²) in [4.78, 5) is 34.4. The SMILES string of the molecule is CC(=O)N1CCC(c2noc(CNC(=O)c3ccc4ccccc4n3)n2)CC1. The Morgan fingerprint density at radius 1 is 1.14 bits per heavy atom. The zero-order valence-electron chi connectivity index (χ0n) is 15.6. The number of aromatic nitrogens is 3. The summed E-state index contributed by atoms with van der Waals surface area (Å²) in [5.41, 5.74) is 1.11. The number of fused-ring (bicyclic) bond motifs is 1. The Morgan fingerprint density at radius 2 is 1.93 bits per heavy atom. The van der Waals surface area contributed by atoms with Crippen molar-refractivity contribution in [2.75, 3.05) is 13.1 Å². The molecule has 1 N–H and O–H groups in total. The highest BCUT2D eigenvalue weighted by Crippen LogP contribution is 2.25. The fraction of sp³-hybridized carbons (Fsp3) is 0.350. The van der Waals surface area contributed by atoms with Gasteiger partial charge in [0, 0.05) is 31.3 Å². The van der Waals surface area contributed by atoms with Crippen molar-refractivity contribution < 1.29 is 14.1 Å². The molecular formula is C20H21N5O3. The maximum atomic E-state index is 12.4. The van der Waals surface area contributed by atoms with Crippen LogP contribution < -0.4 is 5.32 Å². The predicted octanol–water partition coefficient (Wildman–Crippen LogP) is 2.27. The van der Waals surface area contributed by atoms with Gasteiger partial charge in [0.2, 0.25) is 11.8 Å². The summed E-state index contributed by atoms with van der Waals surface area (Å²) in [5.74, 6) is 0.970. The van der Waals surface area contributed by atoms with Gasteiger partial charge >= 0.3 is 0 Å². The lowest BCUT2D eigenvalue weighted by molar-refractivity contribution is -0.129. The topological polar surface area (TPSA) is 101 Å². The molecule has 1 aliphatic rings. The summed E-state index contributed by atoms with van der Waals surface area (Å²) in [6.07, 6.45) is 1.62. The average Bonchev–Trinajstić information content (AvgIpc) is 3.21. The zero-order chi connectivity index (χ0) is 19.5. The highest BCUT2D eigenvalue weighted by atomic mass is 16.5. The van der Waals surface area contributed by atoms with Gasteiger partial charge in [0.05, 0.1) is 12.1 Å². The van der Waals surface area contributed by atoms with Crippen molar-refractivity contribution in [3.63, 3.8) is 0 Å². The molecule has 0 aliphatic carbocycles. The molecule has 3 aromatic rings. The Balaban J connectivity index is 1.35. The molecule has 1 aliphatic heterocycles. The van der Waals surface area contributed by atoms with Gasteiger partial charge in [-0.05, 0) is 25.0 Å². The molecule has 1 saturated heterocycles. The Bertz CT molecular complexity index is 1010. The molecule has 0 radical (unpaired) electrons. The van der Waals surface area contributed by atoms with Crippen LogP contribution in [0.5, 0.6) is 0 Å². The Hall–Kier alpha value is -3.29. The van der Waals surface area contributed by atoms with Gasteiger partial charge in [0.25, 0.3) is 5.91 Å². The molecular weight excluding hydrogens is 358 g/mol. The van der Waals surface area contributed by atoms with Crippen molar-refractivity contribution in [3.8, 4) is 0 Å². The smallest absolute Gasteiger partial charge is 0.270 e. The third kappa shape index (κ3) is 3.85. The van der Waals surface area contributed by atoms with Gasteiger partial charge < -0.3 is 14.7 Å². The lowest BCUT2D eigenvalue weighted by Crippen LogP contribution is -2.36. The van der Waals surface area contributed by atoms with Crippen molar-refractivity contribution in [1.29, 1.82) is 0 Å². The third-order valence-electron chi connectivity index (χ3n) is 5.02. The molecule has 0 atom stereocenters. The second-order valence-electron chi connectivity index (χ2n) is 6.90. The summed E-state index contributed by atoms with van der Waals surface area (Å²) in [6, 6.07) is 11.2. The van der Waals surface area contributed by atoms with E-state index >= 15 is 0 Å². The average molecular weight is 379 g/mol. The van der Waals surface area contributed by atoms with E-state index in [4.69, 9.17) is 4.52 Å². The molecule has 1 aromatic carbocycles. The minimum absolute atomic E-state index is 0.0947. The minimum Gasteiger partial charge on any atom is -0.343 e. The summed E-state index contributed by atoms with van der Waals surface area (Å²) < 4.78 is 5.27. The fourth-order valence-electron chi connectivity index (χ4n) is 3.40. The van der Waals surface area contributed by atoms with Crippen LogP contribution in [0.25, 0.3) is 10.9 Å². The van der Waals surface area contributed by atoms with Crippen LogP contribution in [-0.2, 0) is 11.3 Å². The number of para-hydroxylation sites is 1. The van der Waals surface area contributed by atoms with Crippen LogP contribution in [-0.4, -0.2) is 44.9 Å². The predicted molar refractivity (Wildman–Crippen MR) is 101 cm³/mol. The van der Waals surface area contributed by atoms with Gasteiger partial charge in [-0.3, -0.25) is 9.59 Å². The Morgan fingerprint density at radius 3 is 2.71 bits per heavy atom. The third-order valence-corrected chi connectivity index (χ3v) is 5.02. The van der Waals surface area contributed by atoms with Crippen molar-refractivity contribution in [2.45, 2.75) is 32.2 Å². The number of benzene rings is 1. The number of hydrogen-bond donors (Lipinski definition) is 1. The number of pyridine rings is 1. The normalized spacial score (nSPS) is 15.0. The van der Waals surface area contributed by atoms with Crippen molar-refractivity contribution >= 4 is 22.7 Å². The number of nitrogens with one attached hydrogen (secondary N) is 1. The zero-order valence-corrected chi connectivity index (χ0v) is 15.6. The van der Waals surface area contributed by atoms with Gasteiger partial charge in [-0.2, -0.15) is 4.98 Å². The first kappa shape index (κ1) is 18.1. The van der Waals surface area contributed by atoms with Gasteiger partial charge in [-0.1, -0.05) is 29.4 Å². The molecule has 4 rings (SSSR count). The lowest BCUT2D eigenvalue weighted by atomic mass is 9.96. The standard InChI is InChI=1S/C20H21N5O3/c1-13(26)25-10-8-15(9-11-25)19-23-18(28-24-19)12-21-20(27)17-7-6-14-4-2-3-5-16(14)22-17/h2-7,15H,8-12H2,1H3,(H,21,27). The minimum atomic E-state index is -0.291. The van der Waals surface area contributed by atoms with E-state index in [0.29, 0.717) is 30.5 Å². The molecule has 0 spiro atoms. The van der Waals surface area contributed by atoms with Crippen molar-refractivity contribution in [3.05, 3.63) is 53.8 Å². The van der Waals surface area contributed by atoms with Gasteiger partial charge in [-0.25, -0.2) is 4.98 Å². The van der Waals surface area contributed by atoms with E-state index in [2.05, 4.69) is 20.4 Å². The monoisotopic (exact) mass is 379 g/mol. The highest BCUT2D eigenvalue weighted by molar-refractivity contribution is 5.94. The fourth-order valence-corrected chi connectivity index (χ4v) is 3.40. The summed E-state index contributed by atoms with van der Waals surface area (Å²) in [6.45, 7) is 3.13. The van der Waals surface area contributed by atoms with E-state index < -0.39 is 0 Å². The number of carbonyl (C=O) groups is 2. The van der Waals surface area contributed by atoms with Crippen LogP contribution in [0.4, 0.5) is 0 Å². The summed E-state index contributed by atoms with van der Waals surface area (Å²) >= 11 is 0. The molecule has 2 amide bonds. The van der Waals surface area contributed by atoms with Crippen LogP contribution in [0, 0.1) is 0 Å². The van der Waals surface area contributed by atoms with Crippen molar-refractivity contribution in [2.24, 2.45) is 0 Å². The molecule has 0 bridgehead atoms. The first-order valence-electron chi connectivity index (χ1n) is 9.32. The molecule has 144 valence electrons. The number of amides is 2. The lowest BCUT2D eigenvalue weighted by Gasteiger charge is -2.29. The van der Waals surface area contributed by atoms with Crippen LogP contribution in [0.3, 0.4) is 0 Å². The van der Waals surface area contributed by atoms with E-state index in [9.17, 15) is 9.59 Å². The first-order valence-corrected chi connectivity index (χ1v) is 9.32. The van der Waals surface area contributed by atoms with E-state index in [-0.39, 0.29) is 24.3 Å². The first-order chi connectivity index (χ1) is 13.6. The van der Waals surface area contributed by atoms with Crippen LogP contribution in [0.2, 0.25) is 0 Å². The van der Waals surface area contributed by atoms with E-state index in [1.54, 1.807) is 13.0 Å². The maximum absolute atomic E-state index is 12.4. The largest absolute Gasteiger partial charge is 0.343 e. The number of nitrogens with zero attached hydrogens (tertiary/aromatic N) is 4. The number of likely N-dealkylation sites (tertiary alicyclic amines) is 1. The summed E-state index contributed by atoms with van der Waals surface area (Å²) in [5, 5.41) is 7.80. The van der Waals surface area contributed by atoms with Crippen LogP contribution in [0.15, 0.2) is 40.9 Å². The second-order valence-corrected chi connectivity index (χ2v) is 6.90. The van der Waals surface area contributed by atoms with Gasteiger partial charge in [0.1, 0.15) is 5.69 Å². The molecule has 0 saturated carbocycles. The number of rotatable bonds is 4.